The molecular formula is C31H41F2N3O2. The molecule has 2 aliphatic rings. The van der Waals surface area contributed by atoms with Crippen molar-refractivity contribution in [3.63, 3.8) is 0 Å². The summed E-state index contributed by atoms with van der Waals surface area (Å²) < 4.78 is 28.1. The topological polar surface area (TPSA) is 61.4 Å². The second-order valence-electron chi connectivity index (χ2n) is 11.3. The Morgan fingerprint density at radius 1 is 1.00 bits per heavy atom. The quantitative estimate of drug-likeness (QED) is 0.386. The van der Waals surface area contributed by atoms with Crippen LogP contribution in [0, 0.1) is 17.6 Å². The number of anilines is 1. The van der Waals surface area contributed by atoms with Crippen LogP contribution >= 0.6 is 0 Å². The summed E-state index contributed by atoms with van der Waals surface area (Å²) in [5.41, 5.74) is 1.68. The monoisotopic (exact) mass is 525 g/mol. The van der Waals surface area contributed by atoms with Crippen molar-refractivity contribution < 1.29 is 18.4 Å². The van der Waals surface area contributed by atoms with E-state index in [0.29, 0.717) is 17.8 Å². The lowest BCUT2D eigenvalue weighted by Gasteiger charge is -2.36. The molecule has 2 aromatic rings. The van der Waals surface area contributed by atoms with E-state index in [1.807, 2.05) is 13.8 Å². The molecule has 0 unspecified atom stereocenters. The first-order valence-electron chi connectivity index (χ1n) is 14.2. The Morgan fingerprint density at radius 2 is 1.68 bits per heavy atom. The molecule has 2 amide bonds. The van der Waals surface area contributed by atoms with Crippen molar-refractivity contribution in [2.45, 2.75) is 76.5 Å². The van der Waals surface area contributed by atoms with Crippen LogP contribution in [0.4, 0.5) is 14.5 Å². The second kappa shape index (κ2) is 12.8. The van der Waals surface area contributed by atoms with Crippen molar-refractivity contribution in [2.75, 3.05) is 31.5 Å². The van der Waals surface area contributed by atoms with Crippen molar-refractivity contribution >= 4 is 17.5 Å². The van der Waals surface area contributed by atoms with E-state index >= 15 is 0 Å². The van der Waals surface area contributed by atoms with Gasteiger partial charge in [0.25, 0.3) is 0 Å². The molecule has 206 valence electrons. The van der Waals surface area contributed by atoms with Crippen LogP contribution in [-0.4, -0.2) is 42.9 Å². The predicted molar refractivity (Wildman–Crippen MR) is 147 cm³/mol. The summed E-state index contributed by atoms with van der Waals surface area (Å²) in [6, 6.07) is 11.3. The van der Waals surface area contributed by atoms with Crippen LogP contribution in [0.25, 0.3) is 0 Å². The average molecular weight is 526 g/mol. The summed E-state index contributed by atoms with van der Waals surface area (Å²) in [5, 5.41) is 6.05. The summed E-state index contributed by atoms with van der Waals surface area (Å²) in [6.07, 6.45) is 7.32. The number of hydrogen-bond donors (Lipinski definition) is 2. The van der Waals surface area contributed by atoms with E-state index < -0.39 is 5.41 Å². The lowest BCUT2D eigenvalue weighted by molar-refractivity contribution is -0.128. The molecule has 0 aromatic heterocycles. The first-order chi connectivity index (χ1) is 18.3. The molecule has 1 saturated heterocycles. The van der Waals surface area contributed by atoms with Crippen LogP contribution in [0.15, 0.2) is 42.5 Å². The van der Waals surface area contributed by atoms with Gasteiger partial charge < -0.3 is 15.5 Å². The van der Waals surface area contributed by atoms with Gasteiger partial charge in [-0.1, -0.05) is 45.2 Å². The molecule has 5 nitrogen and oxygen atoms in total. The van der Waals surface area contributed by atoms with Gasteiger partial charge in [0.05, 0.1) is 5.41 Å². The molecule has 0 atom stereocenters. The number of likely N-dealkylation sites (tertiary alicyclic amines) is 1. The molecule has 2 fully saturated rings. The summed E-state index contributed by atoms with van der Waals surface area (Å²) >= 11 is 0. The van der Waals surface area contributed by atoms with Crippen LogP contribution in [0.2, 0.25) is 0 Å². The molecule has 0 spiro atoms. The molecule has 4 rings (SSSR count). The number of benzene rings is 2. The summed E-state index contributed by atoms with van der Waals surface area (Å²) in [6.45, 7) is 6.90. The fraction of sp³-hybridized carbons (Fsp3) is 0.548. The Kier molecular flexibility index (Phi) is 9.53. The van der Waals surface area contributed by atoms with Gasteiger partial charge in [-0.05, 0) is 99.1 Å². The van der Waals surface area contributed by atoms with E-state index in [1.54, 1.807) is 24.3 Å². The lowest BCUT2D eigenvalue weighted by atomic mass is 9.68. The van der Waals surface area contributed by atoms with E-state index in [2.05, 4.69) is 15.5 Å². The largest absolute Gasteiger partial charge is 0.355 e. The molecule has 1 aliphatic heterocycles. The zero-order valence-electron chi connectivity index (χ0n) is 22.7. The minimum Gasteiger partial charge on any atom is -0.355 e. The first kappa shape index (κ1) is 28.2. The SMILES string of the molecule is CC(C)C(=O)Nc1ccc(F)c(C2CCN(CCCNC(=O)C3(c4ccc(F)cc4)CCCCC3)CC2)c1. The maximum atomic E-state index is 14.6. The normalized spacial score (nSPS) is 18.3. The fourth-order valence-corrected chi connectivity index (χ4v) is 5.93. The van der Waals surface area contributed by atoms with Crippen LogP contribution in [0.5, 0.6) is 0 Å². The molecular weight excluding hydrogens is 484 g/mol. The van der Waals surface area contributed by atoms with Gasteiger partial charge in [0, 0.05) is 18.2 Å². The first-order valence-corrected chi connectivity index (χ1v) is 14.2. The minimum atomic E-state index is -0.558. The Morgan fingerprint density at radius 3 is 2.34 bits per heavy atom. The zero-order valence-corrected chi connectivity index (χ0v) is 22.7. The number of nitrogens with one attached hydrogen (secondary N) is 2. The van der Waals surface area contributed by atoms with Gasteiger partial charge in [-0.25, -0.2) is 8.78 Å². The molecule has 1 aliphatic carbocycles. The molecule has 38 heavy (non-hydrogen) atoms. The molecule has 7 heteroatoms. The van der Waals surface area contributed by atoms with Crippen molar-refractivity contribution in [2.24, 2.45) is 5.92 Å². The minimum absolute atomic E-state index is 0.0578. The molecule has 2 aromatic carbocycles. The number of rotatable bonds is 9. The van der Waals surface area contributed by atoms with Gasteiger partial charge >= 0.3 is 0 Å². The van der Waals surface area contributed by atoms with Crippen LogP contribution in [0.3, 0.4) is 0 Å². The third kappa shape index (κ3) is 6.79. The highest BCUT2D eigenvalue weighted by Gasteiger charge is 2.40. The number of hydrogen-bond acceptors (Lipinski definition) is 3. The highest BCUT2D eigenvalue weighted by atomic mass is 19.1. The number of nitrogens with zero attached hydrogens (tertiary/aromatic N) is 1. The summed E-state index contributed by atoms with van der Waals surface area (Å²) in [5.74, 6) is -0.515. The smallest absolute Gasteiger partial charge is 0.230 e. The fourth-order valence-electron chi connectivity index (χ4n) is 5.93. The number of carbonyl (C=O) groups excluding carboxylic acids is 2. The van der Waals surface area contributed by atoms with Crippen molar-refractivity contribution in [3.8, 4) is 0 Å². The van der Waals surface area contributed by atoms with Crippen molar-refractivity contribution in [3.05, 3.63) is 65.2 Å². The maximum Gasteiger partial charge on any atom is 0.230 e. The van der Waals surface area contributed by atoms with E-state index in [-0.39, 0.29) is 35.3 Å². The number of amides is 2. The predicted octanol–water partition coefficient (Wildman–Crippen LogP) is 6.15. The standard InChI is InChI=1S/C31H41F2N3O2/c1-22(2)29(37)35-26-11-12-28(33)27(21-26)23-13-19-36(20-14-23)18-6-17-34-30(38)31(15-4-3-5-16-31)24-7-9-25(32)10-8-24/h7-12,21-23H,3-6,13-20H2,1-2H3,(H,34,38)(H,35,37). The Balaban J connectivity index is 1.25. The van der Waals surface area contributed by atoms with E-state index in [0.717, 1.165) is 76.6 Å². The highest BCUT2D eigenvalue weighted by Crippen LogP contribution is 2.40. The van der Waals surface area contributed by atoms with Gasteiger partial charge in [0.15, 0.2) is 0 Å². The zero-order chi connectivity index (χ0) is 27.1. The third-order valence-electron chi connectivity index (χ3n) is 8.29. The number of carbonyl (C=O) groups is 2. The molecule has 2 N–H and O–H groups in total. The number of piperidine rings is 1. The third-order valence-corrected chi connectivity index (χ3v) is 8.29. The summed E-state index contributed by atoms with van der Waals surface area (Å²) in [7, 11) is 0. The van der Waals surface area contributed by atoms with Crippen LogP contribution in [0.1, 0.15) is 82.3 Å². The van der Waals surface area contributed by atoms with Crippen molar-refractivity contribution in [1.82, 2.24) is 10.2 Å². The van der Waals surface area contributed by atoms with Gasteiger partial charge in [-0.3, -0.25) is 9.59 Å². The maximum absolute atomic E-state index is 14.6. The Labute approximate surface area is 225 Å². The lowest BCUT2D eigenvalue weighted by Crippen LogP contribution is -2.46. The molecule has 0 bridgehead atoms. The van der Waals surface area contributed by atoms with E-state index in [1.165, 1.54) is 18.2 Å². The van der Waals surface area contributed by atoms with Gasteiger partial charge in [-0.15, -0.1) is 0 Å². The summed E-state index contributed by atoms with van der Waals surface area (Å²) in [4.78, 5) is 27.8. The van der Waals surface area contributed by atoms with Crippen LogP contribution in [-0.2, 0) is 15.0 Å². The van der Waals surface area contributed by atoms with Gasteiger partial charge in [0.2, 0.25) is 11.8 Å². The Hall–Kier alpha value is -2.80. The van der Waals surface area contributed by atoms with Gasteiger partial charge in [-0.2, -0.15) is 0 Å². The molecule has 0 radical (unpaired) electrons. The molecule has 1 heterocycles. The molecule has 1 saturated carbocycles. The van der Waals surface area contributed by atoms with E-state index in [9.17, 15) is 18.4 Å². The highest BCUT2D eigenvalue weighted by molar-refractivity contribution is 5.92. The van der Waals surface area contributed by atoms with Crippen LogP contribution < -0.4 is 10.6 Å². The van der Waals surface area contributed by atoms with Crippen molar-refractivity contribution in [1.29, 1.82) is 0 Å². The van der Waals surface area contributed by atoms with E-state index in [4.69, 9.17) is 0 Å². The van der Waals surface area contributed by atoms with Gasteiger partial charge in [0.1, 0.15) is 11.6 Å². The average Bonchev–Trinajstić information content (AvgIpc) is 2.93. The Bertz CT molecular complexity index is 1090. The second-order valence-corrected chi connectivity index (χ2v) is 11.3. The number of halogens is 2.